The number of rotatable bonds is 4. The summed E-state index contributed by atoms with van der Waals surface area (Å²) >= 11 is 3.51. The van der Waals surface area contributed by atoms with Crippen LogP contribution >= 0.6 is 15.9 Å². The second-order valence-corrected chi connectivity index (χ2v) is 5.94. The molecule has 0 bridgehead atoms. The number of aliphatic hydroxyl groups is 1. The summed E-state index contributed by atoms with van der Waals surface area (Å²) in [5.41, 5.74) is 7.37. The Hall–Kier alpha value is -0.460. The van der Waals surface area contributed by atoms with Crippen molar-refractivity contribution in [2.45, 2.75) is 25.1 Å². The fourth-order valence-corrected chi connectivity index (χ4v) is 3.06. The molecule has 1 fully saturated rings. The molecule has 106 valence electrons. The Kier molecular flexibility index (Phi) is 5.36. The quantitative estimate of drug-likeness (QED) is 0.880. The summed E-state index contributed by atoms with van der Waals surface area (Å²) in [5, 5.41) is 9.25. The van der Waals surface area contributed by atoms with E-state index in [1.165, 1.54) is 5.56 Å². The highest BCUT2D eigenvalue weighted by molar-refractivity contribution is 9.10. The molecule has 1 aromatic rings. The second-order valence-electron chi connectivity index (χ2n) is 5.03. The van der Waals surface area contributed by atoms with Gasteiger partial charge in [-0.1, -0.05) is 28.1 Å². The van der Waals surface area contributed by atoms with Crippen molar-refractivity contribution in [3.05, 3.63) is 34.3 Å². The number of morpholine rings is 1. The predicted molar refractivity (Wildman–Crippen MR) is 78.9 cm³/mol. The normalized spacial score (nSPS) is 24.1. The maximum Gasteiger partial charge on any atom is 0.0933 e. The maximum absolute atomic E-state index is 9.25. The molecule has 0 aliphatic carbocycles. The summed E-state index contributed by atoms with van der Waals surface area (Å²) in [6.45, 7) is 4.28. The zero-order valence-corrected chi connectivity index (χ0v) is 12.7. The summed E-state index contributed by atoms with van der Waals surface area (Å²) in [5.74, 6) is 0. The molecule has 19 heavy (non-hydrogen) atoms. The number of nitrogens with zero attached hydrogens (tertiary/aromatic N) is 1. The van der Waals surface area contributed by atoms with Crippen molar-refractivity contribution < 1.29 is 9.84 Å². The van der Waals surface area contributed by atoms with E-state index in [2.05, 4.69) is 33.0 Å². The van der Waals surface area contributed by atoms with E-state index < -0.39 is 0 Å². The Morgan fingerprint density at radius 3 is 3.00 bits per heavy atom. The number of nitrogens with two attached hydrogens (primary N) is 1. The molecule has 1 heterocycles. The van der Waals surface area contributed by atoms with Crippen LogP contribution in [0.4, 0.5) is 0 Å². The number of ether oxygens (including phenoxy) is 1. The lowest BCUT2D eigenvalue weighted by Crippen LogP contribution is -2.49. The van der Waals surface area contributed by atoms with E-state index in [0.29, 0.717) is 6.61 Å². The van der Waals surface area contributed by atoms with E-state index in [1.54, 1.807) is 0 Å². The maximum atomic E-state index is 9.25. The first kappa shape index (κ1) is 14.9. The average Bonchev–Trinajstić information content (AvgIpc) is 2.39. The van der Waals surface area contributed by atoms with Crippen LogP contribution in [0.1, 0.15) is 18.5 Å². The molecule has 2 rings (SSSR count). The van der Waals surface area contributed by atoms with Crippen molar-refractivity contribution in [3.63, 3.8) is 0 Å². The van der Waals surface area contributed by atoms with Gasteiger partial charge in [0.2, 0.25) is 0 Å². The van der Waals surface area contributed by atoms with E-state index in [1.807, 2.05) is 19.1 Å². The second kappa shape index (κ2) is 6.81. The Morgan fingerprint density at radius 1 is 1.58 bits per heavy atom. The molecule has 0 aromatic heterocycles. The van der Waals surface area contributed by atoms with Gasteiger partial charge in [0, 0.05) is 29.6 Å². The van der Waals surface area contributed by atoms with Crippen LogP contribution in [0.3, 0.4) is 0 Å². The van der Waals surface area contributed by atoms with Gasteiger partial charge >= 0.3 is 0 Å². The van der Waals surface area contributed by atoms with Gasteiger partial charge in [0.15, 0.2) is 0 Å². The third-order valence-electron chi connectivity index (χ3n) is 3.46. The van der Waals surface area contributed by atoms with Crippen LogP contribution in [-0.4, -0.2) is 48.5 Å². The van der Waals surface area contributed by atoms with Crippen molar-refractivity contribution in [1.29, 1.82) is 0 Å². The predicted octanol–water partition coefficient (Wildman–Crippen LogP) is 1.53. The van der Waals surface area contributed by atoms with Crippen LogP contribution in [0.2, 0.25) is 0 Å². The summed E-state index contributed by atoms with van der Waals surface area (Å²) < 4.78 is 6.56. The molecule has 0 saturated carbocycles. The van der Waals surface area contributed by atoms with Crippen molar-refractivity contribution in [2.75, 3.05) is 26.3 Å². The Bertz CT molecular complexity index is 414. The van der Waals surface area contributed by atoms with Gasteiger partial charge in [-0.3, -0.25) is 4.90 Å². The molecular weight excluding hydrogens is 308 g/mol. The van der Waals surface area contributed by atoms with Gasteiger partial charge in [-0.15, -0.1) is 0 Å². The molecule has 1 saturated heterocycles. The fourth-order valence-electron chi connectivity index (χ4n) is 2.64. The zero-order valence-electron chi connectivity index (χ0n) is 11.1. The van der Waals surface area contributed by atoms with Gasteiger partial charge in [0.1, 0.15) is 0 Å². The minimum atomic E-state index is -0.109. The third kappa shape index (κ3) is 3.77. The number of halogens is 1. The first-order valence-electron chi connectivity index (χ1n) is 6.59. The smallest absolute Gasteiger partial charge is 0.0933 e. The molecule has 3 unspecified atom stereocenters. The molecule has 0 radical (unpaired) electrons. The first-order valence-corrected chi connectivity index (χ1v) is 7.38. The molecule has 5 heteroatoms. The van der Waals surface area contributed by atoms with Gasteiger partial charge in [0.25, 0.3) is 0 Å². The van der Waals surface area contributed by atoms with Crippen LogP contribution < -0.4 is 5.73 Å². The monoisotopic (exact) mass is 328 g/mol. The molecule has 1 aliphatic rings. The molecule has 3 N–H and O–H groups in total. The molecule has 3 atom stereocenters. The topological polar surface area (TPSA) is 58.7 Å². The zero-order chi connectivity index (χ0) is 13.8. The highest BCUT2D eigenvalue weighted by Gasteiger charge is 2.29. The van der Waals surface area contributed by atoms with Gasteiger partial charge < -0.3 is 15.6 Å². The van der Waals surface area contributed by atoms with Crippen LogP contribution in [0, 0.1) is 0 Å². The number of hydrogen-bond donors (Lipinski definition) is 2. The summed E-state index contributed by atoms with van der Waals surface area (Å²) in [6, 6.07) is 8.41. The van der Waals surface area contributed by atoms with Crippen LogP contribution in [0.15, 0.2) is 28.7 Å². The van der Waals surface area contributed by atoms with Gasteiger partial charge in [0.05, 0.1) is 19.3 Å². The summed E-state index contributed by atoms with van der Waals surface area (Å²) in [6.07, 6.45) is -0.109. The van der Waals surface area contributed by atoms with E-state index in [9.17, 15) is 5.11 Å². The standard InChI is InChI=1S/C14H21BrN2O2/c1-10(16)14(11-3-2-4-12(15)7-11)17-5-6-19-13(8-17)9-18/h2-4,7,10,13-14,18H,5-6,8-9,16H2,1H3. The van der Waals surface area contributed by atoms with E-state index >= 15 is 0 Å². The van der Waals surface area contributed by atoms with Gasteiger partial charge in [-0.05, 0) is 24.6 Å². The molecule has 0 amide bonds. The molecule has 0 spiro atoms. The van der Waals surface area contributed by atoms with E-state index in [-0.39, 0.29) is 24.8 Å². The van der Waals surface area contributed by atoms with Crippen molar-refractivity contribution in [2.24, 2.45) is 5.73 Å². The van der Waals surface area contributed by atoms with Crippen LogP contribution in [0.25, 0.3) is 0 Å². The van der Waals surface area contributed by atoms with Gasteiger partial charge in [-0.2, -0.15) is 0 Å². The lowest BCUT2D eigenvalue weighted by atomic mass is 9.98. The third-order valence-corrected chi connectivity index (χ3v) is 3.95. The first-order chi connectivity index (χ1) is 9.11. The molecular formula is C14H21BrN2O2. The largest absolute Gasteiger partial charge is 0.394 e. The highest BCUT2D eigenvalue weighted by Crippen LogP contribution is 2.27. The Labute approximate surface area is 122 Å². The SMILES string of the molecule is CC(N)C(c1cccc(Br)c1)N1CCOC(CO)C1. The Morgan fingerprint density at radius 2 is 2.37 bits per heavy atom. The lowest BCUT2D eigenvalue weighted by molar-refractivity contribution is -0.0675. The molecule has 1 aromatic carbocycles. The molecule has 1 aliphatic heterocycles. The van der Waals surface area contributed by atoms with Crippen LogP contribution in [0.5, 0.6) is 0 Å². The summed E-state index contributed by atoms with van der Waals surface area (Å²) in [7, 11) is 0. The number of hydrogen-bond acceptors (Lipinski definition) is 4. The van der Waals surface area contributed by atoms with Crippen molar-refractivity contribution in [1.82, 2.24) is 4.90 Å². The Balaban J connectivity index is 2.20. The van der Waals surface area contributed by atoms with Crippen molar-refractivity contribution >= 4 is 15.9 Å². The number of aliphatic hydroxyl groups excluding tert-OH is 1. The number of benzene rings is 1. The minimum absolute atomic E-state index is 0.0201. The van der Waals surface area contributed by atoms with E-state index in [0.717, 1.165) is 17.6 Å². The minimum Gasteiger partial charge on any atom is -0.394 e. The van der Waals surface area contributed by atoms with Crippen molar-refractivity contribution in [3.8, 4) is 0 Å². The molecule has 4 nitrogen and oxygen atoms in total. The lowest BCUT2D eigenvalue weighted by Gasteiger charge is -2.39. The van der Waals surface area contributed by atoms with Crippen LogP contribution in [-0.2, 0) is 4.74 Å². The van der Waals surface area contributed by atoms with Gasteiger partial charge in [-0.25, -0.2) is 0 Å². The summed E-state index contributed by atoms with van der Waals surface area (Å²) in [4.78, 5) is 2.30. The van der Waals surface area contributed by atoms with E-state index in [4.69, 9.17) is 10.5 Å². The fraction of sp³-hybridized carbons (Fsp3) is 0.571. The highest BCUT2D eigenvalue weighted by atomic mass is 79.9. The average molecular weight is 329 g/mol.